The van der Waals surface area contributed by atoms with Crippen LogP contribution in [0.1, 0.15) is 29.7 Å². The van der Waals surface area contributed by atoms with E-state index in [0.717, 1.165) is 16.7 Å². The number of ether oxygens (including phenoxy) is 1. The van der Waals surface area contributed by atoms with E-state index < -0.39 is 6.10 Å². The molecule has 3 heteroatoms. The lowest BCUT2D eigenvalue weighted by atomic mass is 9.99. The minimum atomic E-state index is -0.402. The maximum atomic E-state index is 10.1. The lowest BCUT2D eigenvalue weighted by Gasteiger charge is -2.14. The molecule has 1 aromatic carbocycles. The first-order chi connectivity index (χ1) is 7.60. The summed E-state index contributed by atoms with van der Waals surface area (Å²) in [6.45, 7) is 8.68. The van der Waals surface area contributed by atoms with E-state index >= 15 is 0 Å². The van der Waals surface area contributed by atoms with Crippen molar-refractivity contribution in [1.29, 1.82) is 0 Å². The normalized spacial score (nSPS) is 11.9. The Labute approximate surface area is 95.4 Å². The van der Waals surface area contributed by atoms with Crippen molar-refractivity contribution < 1.29 is 14.6 Å². The third kappa shape index (κ3) is 2.63. The number of carbonyl (C=O) groups excluding carboxylic acids is 1. The van der Waals surface area contributed by atoms with E-state index in [1.54, 1.807) is 19.1 Å². The van der Waals surface area contributed by atoms with Gasteiger partial charge in [-0.3, -0.25) is 0 Å². The third-order valence-corrected chi connectivity index (χ3v) is 2.49. The van der Waals surface area contributed by atoms with E-state index in [0.29, 0.717) is 6.42 Å². The smallest absolute Gasteiger partial charge is 0.418 e. The van der Waals surface area contributed by atoms with Crippen molar-refractivity contribution in [3.63, 3.8) is 0 Å². The Balaban J connectivity index is 3.08. The van der Waals surface area contributed by atoms with Crippen LogP contribution in [0.3, 0.4) is 0 Å². The Morgan fingerprint density at radius 2 is 2.31 bits per heavy atom. The Bertz CT molecular complexity index is 396. The summed E-state index contributed by atoms with van der Waals surface area (Å²) in [6.07, 6.45) is 1.94. The van der Waals surface area contributed by atoms with Crippen LogP contribution < -0.4 is 0 Å². The molecule has 1 radical (unpaired) electrons. The van der Waals surface area contributed by atoms with Gasteiger partial charge in [0.25, 0.3) is 0 Å². The van der Waals surface area contributed by atoms with Gasteiger partial charge in [0.05, 0.1) is 0 Å². The van der Waals surface area contributed by atoms with Crippen LogP contribution in [0.15, 0.2) is 24.8 Å². The average Bonchev–Trinajstić information content (AvgIpc) is 2.23. The average molecular weight is 219 g/mol. The molecule has 0 fully saturated rings. The number of phenolic OH excluding ortho intramolecular Hbond substituents is 1. The molecule has 85 valence electrons. The zero-order valence-corrected chi connectivity index (χ0v) is 9.49. The molecule has 1 N–H and O–H groups in total. The number of phenols is 1. The SMILES string of the molecule is C=CCc1cc(C)c(C(C)O[C]=O)cc1O. The van der Waals surface area contributed by atoms with Gasteiger partial charge in [0.2, 0.25) is 0 Å². The van der Waals surface area contributed by atoms with Gasteiger partial charge >= 0.3 is 6.47 Å². The third-order valence-electron chi connectivity index (χ3n) is 2.49. The molecule has 0 saturated carbocycles. The monoisotopic (exact) mass is 219 g/mol. The fourth-order valence-corrected chi connectivity index (χ4v) is 1.67. The summed E-state index contributed by atoms with van der Waals surface area (Å²) in [5, 5.41) is 9.76. The Kier molecular flexibility index (Phi) is 4.11. The molecular weight excluding hydrogens is 204 g/mol. The highest BCUT2D eigenvalue weighted by atomic mass is 16.5. The second-order valence-electron chi connectivity index (χ2n) is 3.67. The summed E-state index contributed by atoms with van der Waals surface area (Å²) < 4.78 is 4.73. The molecule has 0 spiro atoms. The number of benzene rings is 1. The highest BCUT2D eigenvalue weighted by Gasteiger charge is 2.12. The van der Waals surface area contributed by atoms with Gasteiger partial charge in [-0.1, -0.05) is 12.1 Å². The molecule has 16 heavy (non-hydrogen) atoms. The maximum absolute atomic E-state index is 10.1. The number of allylic oxidation sites excluding steroid dienone is 1. The van der Waals surface area contributed by atoms with Gasteiger partial charge in [-0.2, -0.15) is 0 Å². The van der Waals surface area contributed by atoms with E-state index in [9.17, 15) is 9.90 Å². The first-order valence-electron chi connectivity index (χ1n) is 5.06. The number of hydrogen-bond donors (Lipinski definition) is 1. The van der Waals surface area contributed by atoms with Gasteiger partial charge in [-0.05, 0) is 43.0 Å². The highest BCUT2D eigenvalue weighted by molar-refractivity contribution is 5.45. The van der Waals surface area contributed by atoms with Gasteiger partial charge in [-0.25, -0.2) is 4.79 Å². The summed E-state index contributed by atoms with van der Waals surface area (Å²) in [5.41, 5.74) is 2.57. The Morgan fingerprint density at radius 1 is 1.62 bits per heavy atom. The van der Waals surface area contributed by atoms with Crippen molar-refractivity contribution in [2.24, 2.45) is 0 Å². The van der Waals surface area contributed by atoms with Crippen LogP contribution in [-0.4, -0.2) is 11.6 Å². The predicted octanol–water partition coefficient (Wildman–Crippen LogP) is 2.57. The molecule has 1 aromatic rings. The quantitative estimate of drug-likeness (QED) is 0.774. The molecule has 0 aliphatic heterocycles. The van der Waals surface area contributed by atoms with Gasteiger partial charge in [0.15, 0.2) is 0 Å². The fourth-order valence-electron chi connectivity index (χ4n) is 1.67. The molecular formula is C13H15O3. The van der Waals surface area contributed by atoms with Crippen molar-refractivity contribution in [2.45, 2.75) is 26.4 Å². The first-order valence-corrected chi connectivity index (χ1v) is 5.06. The van der Waals surface area contributed by atoms with E-state index in [2.05, 4.69) is 6.58 Å². The summed E-state index contributed by atoms with van der Waals surface area (Å²) in [4.78, 5) is 10.1. The zero-order chi connectivity index (χ0) is 12.1. The van der Waals surface area contributed by atoms with Gasteiger partial charge in [-0.15, -0.1) is 6.58 Å². The molecule has 3 nitrogen and oxygen atoms in total. The van der Waals surface area contributed by atoms with Gasteiger partial charge in [0.1, 0.15) is 11.9 Å². The second kappa shape index (κ2) is 5.35. The van der Waals surface area contributed by atoms with E-state index in [4.69, 9.17) is 4.74 Å². The molecule has 0 aliphatic carbocycles. The fraction of sp³-hybridized carbons (Fsp3) is 0.308. The largest absolute Gasteiger partial charge is 0.508 e. The Morgan fingerprint density at radius 3 is 2.88 bits per heavy atom. The van der Waals surface area contributed by atoms with Crippen molar-refractivity contribution in [3.05, 3.63) is 41.5 Å². The van der Waals surface area contributed by atoms with Gasteiger partial charge < -0.3 is 9.84 Å². The summed E-state index contributed by atoms with van der Waals surface area (Å²) >= 11 is 0. The number of aromatic hydroxyl groups is 1. The maximum Gasteiger partial charge on any atom is 0.418 e. The van der Waals surface area contributed by atoms with E-state index in [1.165, 1.54) is 6.47 Å². The van der Waals surface area contributed by atoms with Crippen LogP contribution in [0.4, 0.5) is 0 Å². The number of rotatable bonds is 5. The minimum Gasteiger partial charge on any atom is -0.508 e. The highest BCUT2D eigenvalue weighted by Crippen LogP contribution is 2.28. The number of aryl methyl sites for hydroxylation is 1. The molecule has 0 aliphatic rings. The van der Waals surface area contributed by atoms with Crippen molar-refractivity contribution >= 4 is 6.47 Å². The second-order valence-corrected chi connectivity index (χ2v) is 3.67. The number of hydrogen-bond acceptors (Lipinski definition) is 3. The molecule has 0 heterocycles. The van der Waals surface area contributed by atoms with Crippen molar-refractivity contribution in [3.8, 4) is 5.75 Å². The zero-order valence-electron chi connectivity index (χ0n) is 9.49. The lowest BCUT2D eigenvalue weighted by molar-refractivity contribution is 0.197. The lowest BCUT2D eigenvalue weighted by Crippen LogP contribution is -2.01. The first kappa shape index (κ1) is 12.3. The predicted molar refractivity (Wildman–Crippen MR) is 61.9 cm³/mol. The summed E-state index contributed by atoms with van der Waals surface area (Å²) in [6, 6.07) is 3.49. The summed E-state index contributed by atoms with van der Waals surface area (Å²) in [7, 11) is 0. The summed E-state index contributed by atoms with van der Waals surface area (Å²) in [5.74, 6) is 0.196. The molecule has 0 aromatic heterocycles. The molecule has 1 atom stereocenters. The van der Waals surface area contributed by atoms with E-state index in [1.807, 2.05) is 13.0 Å². The molecule has 0 bridgehead atoms. The van der Waals surface area contributed by atoms with Crippen LogP contribution in [0.5, 0.6) is 5.75 Å². The molecule has 1 unspecified atom stereocenters. The van der Waals surface area contributed by atoms with Crippen molar-refractivity contribution in [2.75, 3.05) is 0 Å². The Hall–Kier alpha value is -1.77. The standard InChI is InChI=1S/C13H15O3/c1-4-5-11-6-9(2)12(7-13(11)15)10(3)16-8-14/h4,6-7,10,15H,1,5H2,2-3H3. The topological polar surface area (TPSA) is 46.5 Å². The minimum absolute atomic E-state index is 0.196. The molecule has 1 rings (SSSR count). The van der Waals surface area contributed by atoms with Crippen LogP contribution in [-0.2, 0) is 16.0 Å². The van der Waals surface area contributed by atoms with Crippen LogP contribution in [0.25, 0.3) is 0 Å². The van der Waals surface area contributed by atoms with E-state index in [-0.39, 0.29) is 5.75 Å². The molecule has 0 amide bonds. The van der Waals surface area contributed by atoms with Crippen LogP contribution in [0.2, 0.25) is 0 Å². The van der Waals surface area contributed by atoms with Crippen LogP contribution in [0, 0.1) is 6.92 Å². The van der Waals surface area contributed by atoms with Gasteiger partial charge in [0, 0.05) is 0 Å². The van der Waals surface area contributed by atoms with Crippen LogP contribution >= 0.6 is 0 Å². The molecule has 0 saturated heterocycles. The van der Waals surface area contributed by atoms with Crippen molar-refractivity contribution in [1.82, 2.24) is 0 Å².